The summed E-state index contributed by atoms with van der Waals surface area (Å²) in [6.07, 6.45) is 0. The summed E-state index contributed by atoms with van der Waals surface area (Å²) >= 11 is 5.56. The summed E-state index contributed by atoms with van der Waals surface area (Å²) in [4.78, 5) is 16.3. The molecule has 0 atom stereocenters. The van der Waals surface area contributed by atoms with Crippen molar-refractivity contribution in [2.45, 2.75) is 19.4 Å². The van der Waals surface area contributed by atoms with E-state index < -0.39 is 34.7 Å². The molecule has 0 bridgehead atoms. The molecule has 2 rings (SSSR count). The van der Waals surface area contributed by atoms with Crippen LogP contribution >= 0.6 is 11.6 Å². The van der Waals surface area contributed by atoms with Gasteiger partial charge in [-0.2, -0.15) is 5.26 Å². The topological polar surface area (TPSA) is 86.5 Å². The number of carbonyl (C=O) groups excluding carboxylic acids is 1. The van der Waals surface area contributed by atoms with Crippen LogP contribution in [0, 0.1) is 28.8 Å². The Morgan fingerprint density at radius 3 is 2.28 bits per heavy atom. The molecule has 0 saturated heterocycles. The van der Waals surface area contributed by atoms with Crippen molar-refractivity contribution in [2.75, 3.05) is 7.05 Å². The number of rotatable bonds is 4. The predicted octanol–water partition coefficient (Wildman–Crippen LogP) is 3.48. The molecule has 10 heteroatoms. The normalized spacial score (nSPS) is 11.6. The fourth-order valence-corrected chi connectivity index (χ4v) is 2.41. The van der Waals surface area contributed by atoms with Gasteiger partial charge in [0.2, 0.25) is 0 Å². The van der Waals surface area contributed by atoms with E-state index in [1.54, 1.807) is 6.07 Å². The quantitative estimate of drug-likeness (QED) is 0.447. The molecule has 0 saturated carbocycles. The fraction of sp³-hybridized carbons (Fsp3) is 0.211. The Hall–Kier alpha value is -3.25. The molecule has 2 aromatic carbocycles. The van der Waals surface area contributed by atoms with Crippen LogP contribution in [-0.4, -0.2) is 24.4 Å². The lowest BCUT2D eigenvalue weighted by molar-refractivity contribution is -0.135. The summed E-state index contributed by atoms with van der Waals surface area (Å²) in [7, 11) is 1.35. The predicted molar refractivity (Wildman–Crippen MR) is 101 cm³/mol. The van der Waals surface area contributed by atoms with Gasteiger partial charge in [0.05, 0.1) is 17.2 Å². The van der Waals surface area contributed by atoms with Gasteiger partial charge in [-0.3, -0.25) is 20.6 Å². The van der Waals surface area contributed by atoms with Gasteiger partial charge in [-0.25, -0.2) is 13.2 Å². The average molecular weight is 425 g/mol. The van der Waals surface area contributed by atoms with Gasteiger partial charge in [0.1, 0.15) is 11.7 Å². The first-order valence-corrected chi connectivity index (χ1v) is 8.53. The molecule has 0 aliphatic rings. The van der Waals surface area contributed by atoms with Crippen molar-refractivity contribution in [3.8, 4) is 11.8 Å². The molecule has 0 aliphatic heterocycles. The second-order valence-corrected chi connectivity index (χ2v) is 6.71. The zero-order valence-corrected chi connectivity index (χ0v) is 16.4. The number of nitriles is 1. The Labute approximate surface area is 169 Å². The van der Waals surface area contributed by atoms with Gasteiger partial charge in [-0.15, -0.1) is 0 Å². The first kappa shape index (κ1) is 22.0. The zero-order valence-electron chi connectivity index (χ0n) is 15.6. The third-order valence-corrected chi connectivity index (χ3v) is 3.96. The smallest absolute Gasteiger partial charge is 0.281 e. The first-order chi connectivity index (χ1) is 13.6. The maximum absolute atomic E-state index is 14.1. The van der Waals surface area contributed by atoms with Crippen LogP contribution in [-0.2, 0) is 4.79 Å². The molecule has 2 N–H and O–H groups in total. The van der Waals surface area contributed by atoms with E-state index in [0.29, 0.717) is 0 Å². The van der Waals surface area contributed by atoms with Gasteiger partial charge >= 0.3 is 0 Å². The number of hydrogen-bond donors (Lipinski definition) is 2. The van der Waals surface area contributed by atoms with E-state index in [0.717, 1.165) is 18.2 Å². The summed E-state index contributed by atoms with van der Waals surface area (Å²) in [5, 5.41) is 8.63. The third kappa shape index (κ3) is 5.18. The maximum Gasteiger partial charge on any atom is 0.281 e. The SMILES string of the molecule is CN=C(NNC(=O)C(C)(C)Oc1c(F)cc(Cl)cc1F)c1ccc(C#N)cc1F. The second-order valence-electron chi connectivity index (χ2n) is 6.27. The minimum atomic E-state index is -1.72. The summed E-state index contributed by atoms with van der Waals surface area (Å²) < 4.78 is 47.2. The van der Waals surface area contributed by atoms with Gasteiger partial charge in [0.25, 0.3) is 5.91 Å². The van der Waals surface area contributed by atoms with Crippen molar-refractivity contribution in [3.05, 3.63) is 63.9 Å². The number of hydrogen-bond acceptors (Lipinski definition) is 4. The number of carbonyl (C=O) groups is 1. The molecule has 0 aliphatic carbocycles. The Bertz CT molecular complexity index is 996. The highest BCUT2D eigenvalue weighted by Crippen LogP contribution is 2.28. The summed E-state index contributed by atoms with van der Waals surface area (Å²) in [5.41, 5.74) is 3.08. The molecule has 152 valence electrons. The molecule has 0 radical (unpaired) electrons. The Morgan fingerprint density at radius 1 is 1.14 bits per heavy atom. The number of amidine groups is 1. The van der Waals surface area contributed by atoms with E-state index >= 15 is 0 Å². The van der Waals surface area contributed by atoms with Gasteiger partial charge < -0.3 is 4.74 Å². The number of nitrogens with zero attached hydrogens (tertiary/aromatic N) is 2. The third-order valence-electron chi connectivity index (χ3n) is 3.74. The van der Waals surface area contributed by atoms with Crippen LogP contribution in [0.2, 0.25) is 5.02 Å². The molecule has 6 nitrogen and oxygen atoms in total. The van der Waals surface area contributed by atoms with Crippen LogP contribution in [0.25, 0.3) is 0 Å². The van der Waals surface area contributed by atoms with Gasteiger partial charge in [-0.05, 0) is 44.2 Å². The monoisotopic (exact) mass is 424 g/mol. The summed E-state index contributed by atoms with van der Waals surface area (Å²) in [6, 6.07) is 7.21. The van der Waals surface area contributed by atoms with E-state index in [1.807, 2.05) is 0 Å². The lowest BCUT2D eigenvalue weighted by Crippen LogP contribution is -2.53. The number of hydrazine groups is 1. The molecule has 0 unspecified atom stereocenters. The lowest BCUT2D eigenvalue weighted by Gasteiger charge is -2.26. The molecular formula is C19H16ClF3N4O2. The number of aliphatic imine (C=N–C) groups is 1. The van der Waals surface area contributed by atoms with Crippen LogP contribution < -0.4 is 15.6 Å². The van der Waals surface area contributed by atoms with Crippen molar-refractivity contribution in [3.63, 3.8) is 0 Å². The molecular weight excluding hydrogens is 409 g/mol. The van der Waals surface area contributed by atoms with E-state index in [4.69, 9.17) is 21.6 Å². The second kappa shape index (κ2) is 8.84. The highest BCUT2D eigenvalue weighted by Gasteiger charge is 2.32. The van der Waals surface area contributed by atoms with Crippen LogP contribution in [0.15, 0.2) is 35.3 Å². The lowest BCUT2D eigenvalue weighted by atomic mass is 10.1. The van der Waals surface area contributed by atoms with Crippen molar-refractivity contribution in [1.29, 1.82) is 5.26 Å². The van der Waals surface area contributed by atoms with Crippen LogP contribution in [0.4, 0.5) is 13.2 Å². The Balaban J connectivity index is 2.13. The largest absolute Gasteiger partial charge is 0.472 e. The zero-order chi connectivity index (χ0) is 21.8. The van der Waals surface area contributed by atoms with Gasteiger partial charge in [-0.1, -0.05) is 11.6 Å². The van der Waals surface area contributed by atoms with Gasteiger partial charge in [0, 0.05) is 12.1 Å². The molecule has 0 heterocycles. The molecule has 0 aromatic heterocycles. The van der Waals surface area contributed by atoms with Crippen molar-refractivity contribution < 1.29 is 22.7 Å². The van der Waals surface area contributed by atoms with Crippen molar-refractivity contribution >= 4 is 23.3 Å². The first-order valence-electron chi connectivity index (χ1n) is 8.16. The standard InChI is InChI=1S/C19H16ClF3N4O2/c1-19(2,29-16-14(22)7-11(20)8-15(16)23)18(28)27-26-17(25-3)12-5-4-10(9-24)6-13(12)21/h4-8H,1-3H3,(H,25,26)(H,27,28). The fourth-order valence-electron chi connectivity index (χ4n) is 2.21. The van der Waals surface area contributed by atoms with Crippen molar-refractivity contribution in [1.82, 2.24) is 10.9 Å². The average Bonchev–Trinajstić information content (AvgIpc) is 2.65. The number of nitrogens with one attached hydrogen (secondary N) is 2. The number of ether oxygens (including phenoxy) is 1. The molecule has 0 fully saturated rings. The Kier molecular flexibility index (Phi) is 6.72. The van der Waals surface area contributed by atoms with Crippen LogP contribution in [0.5, 0.6) is 5.75 Å². The number of benzene rings is 2. The summed E-state index contributed by atoms with van der Waals surface area (Å²) in [6.45, 7) is 2.56. The molecule has 29 heavy (non-hydrogen) atoms. The van der Waals surface area contributed by atoms with Crippen LogP contribution in [0.1, 0.15) is 25.0 Å². The highest BCUT2D eigenvalue weighted by atomic mass is 35.5. The van der Waals surface area contributed by atoms with Gasteiger partial charge in [0.15, 0.2) is 23.0 Å². The number of halogens is 4. The van der Waals surface area contributed by atoms with E-state index in [9.17, 15) is 18.0 Å². The van der Waals surface area contributed by atoms with E-state index in [1.165, 1.54) is 33.0 Å². The minimum Gasteiger partial charge on any atom is -0.472 e. The van der Waals surface area contributed by atoms with E-state index in [-0.39, 0.29) is 22.0 Å². The van der Waals surface area contributed by atoms with E-state index in [2.05, 4.69) is 15.8 Å². The van der Waals surface area contributed by atoms with Crippen LogP contribution in [0.3, 0.4) is 0 Å². The molecule has 0 spiro atoms. The maximum atomic E-state index is 14.1. The highest BCUT2D eigenvalue weighted by molar-refractivity contribution is 6.30. The molecule has 1 amide bonds. The Morgan fingerprint density at radius 2 is 1.76 bits per heavy atom. The molecule has 2 aromatic rings. The minimum absolute atomic E-state index is 0.000291. The number of amides is 1. The summed E-state index contributed by atoms with van der Waals surface area (Å²) in [5.74, 6) is -4.50. The van der Waals surface area contributed by atoms with Crippen molar-refractivity contribution in [2.24, 2.45) is 4.99 Å².